The van der Waals surface area contributed by atoms with Crippen LogP contribution < -0.4 is 5.32 Å². The number of hydrogen-bond donors (Lipinski definition) is 1. The summed E-state index contributed by atoms with van der Waals surface area (Å²) < 4.78 is 24.6. The van der Waals surface area contributed by atoms with Crippen LogP contribution in [0.2, 0.25) is 5.02 Å². The highest BCUT2D eigenvalue weighted by atomic mass is 35.5. The molecule has 1 atom stereocenters. The van der Waals surface area contributed by atoms with E-state index < -0.39 is 15.6 Å². The van der Waals surface area contributed by atoms with E-state index in [0.717, 1.165) is 19.4 Å². The third-order valence-corrected chi connectivity index (χ3v) is 5.72. The zero-order chi connectivity index (χ0) is 16.2. The Morgan fingerprint density at radius 1 is 1.36 bits per heavy atom. The highest BCUT2D eigenvalue weighted by Crippen LogP contribution is 2.19. The molecular weight excluding hydrogens is 324 g/mol. The van der Waals surface area contributed by atoms with Crippen molar-refractivity contribution in [2.45, 2.75) is 17.7 Å². The molecule has 0 aliphatic carbocycles. The number of piperidine rings is 1. The smallest absolute Gasteiger partial charge is 0.238 e. The quantitative estimate of drug-likeness (QED) is 0.880. The van der Waals surface area contributed by atoms with Crippen molar-refractivity contribution in [3.05, 3.63) is 29.3 Å². The number of likely N-dealkylation sites (tertiary alicyclic amines) is 1. The maximum atomic E-state index is 12.3. The number of nitrogens with one attached hydrogen (secondary N) is 1. The lowest BCUT2D eigenvalue weighted by Crippen LogP contribution is -2.44. The largest absolute Gasteiger partial charge is 0.341 e. The average molecular weight is 345 g/mol. The van der Waals surface area contributed by atoms with Crippen LogP contribution in [0.3, 0.4) is 0 Å². The van der Waals surface area contributed by atoms with Crippen LogP contribution in [0.5, 0.6) is 0 Å². The minimum atomic E-state index is -3.62. The van der Waals surface area contributed by atoms with E-state index in [2.05, 4.69) is 5.32 Å². The molecule has 1 N–H and O–H groups in total. The second-order valence-electron chi connectivity index (χ2n) is 5.62. The van der Waals surface area contributed by atoms with Crippen LogP contribution in [-0.2, 0) is 14.6 Å². The molecule has 1 heterocycles. The van der Waals surface area contributed by atoms with E-state index in [4.69, 9.17) is 11.6 Å². The van der Waals surface area contributed by atoms with Crippen LogP contribution in [0.4, 0.5) is 0 Å². The number of carbonyl (C=O) groups excluding carboxylic acids is 1. The first-order valence-electron chi connectivity index (χ1n) is 7.33. The summed E-state index contributed by atoms with van der Waals surface area (Å²) in [5.74, 6) is -0.419. The van der Waals surface area contributed by atoms with Gasteiger partial charge in [-0.1, -0.05) is 11.6 Å². The normalized spacial score (nSPS) is 19.2. The predicted molar refractivity (Wildman–Crippen MR) is 86.7 cm³/mol. The summed E-state index contributed by atoms with van der Waals surface area (Å²) in [7, 11) is -1.74. The van der Waals surface area contributed by atoms with E-state index in [-0.39, 0.29) is 10.8 Å². The van der Waals surface area contributed by atoms with Crippen molar-refractivity contribution < 1.29 is 13.2 Å². The molecule has 0 saturated carbocycles. The van der Waals surface area contributed by atoms with Crippen molar-refractivity contribution in [2.24, 2.45) is 5.92 Å². The lowest BCUT2D eigenvalue weighted by molar-refractivity contribution is -0.130. The van der Waals surface area contributed by atoms with Crippen LogP contribution in [0, 0.1) is 5.92 Å². The summed E-state index contributed by atoms with van der Waals surface area (Å²) in [6.07, 6.45) is 1.98. The van der Waals surface area contributed by atoms with E-state index >= 15 is 0 Å². The van der Waals surface area contributed by atoms with Crippen LogP contribution in [0.25, 0.3) is 0 Å². The molecule has 1 saturated heterocycles. The first-order chi connectivity index (χ1) is 10.4. The molecule has 0 unspecified atom stereocenters. The summed E-state index contributed by atoms with van der Waals surface area (Å²) in [6.45, 7) is 2.10. The molecule has 5 nitrogen and oxygen atoms in total. The van der Waals surface area contributed by atoms with Crippen LogP contribution in [-0.4, -0.2) is 51.7 Å². The summed E-state index contributed by atoms with van der Waals surface area (Å²) in [5, 5.41) is 3.58. The molecule has 1 aliphatic heterocycles. The van der Waals surface area contributed by atoms with Gasteiger partial charge in [0.1, 0.15) is 5.75 Å². The molecule has 22 heavy (non-hydrogen) atoms. The number of carbonyl (C=O) groups is 1. The number of nitrogens with zero attached hydrogens (tertiary/aromatic N) is 1. The molecule has 1 aromatic rings. The van der Waals surface area contributed by atoms with Gasteiger partial charge in [-0.2, -0.15) is 0 Å². The Labute approximate surface area is 136 Å². The summed E-state index contributed by atoms with van der Waals surface area (Å²) in [5.41, 5.74) is 0. The van der Waals surface area contributed by atoms with Crippen molar-refractivity contribution in [1.82, 2.24) is 10.2 Å². The van der Waals surface area contributed by atoms with Crippen LogP contribution in [0.15, 0.2) is 29.2 Å². The fraction of sp³-hybridized carbons (Fsp3) is 0.533. The Hall–Kier alpha value is -1.11. The van der Waals surface area contributed by atoms with Crippen molar-refractivity contribution in [2.75, 3.05) is 32.4 Å². The number of halogens is 1. The van der Waals surface area contributed by atoms with Gasteiger partial charge in [-0.05, 0) is 56.6 Å². The van der Waals surface area contributed by atoms with Gasteiger partial charge in [0.25, 0.3) is 0 Å². The minimum Gasteiger partial charge on any atom is -0.341 e. The Balaban J connectivity index is 2.02. The molecule has 2 rings (SSSR count). The standard InChI is InChI=1S/C15H21ClN2O3S/c1-17-9-12-3-2-8-18(10-12)15(19)11-22(20,21)14-6-4-13(16)5-7-14/h4-7,12,17H,2-3,8-11H2,1H3/t12-/m1/s1. The van der Waals surface area contributed by atoms with E-state index in [0.29, 0.717) is 24.0 Å². The first-order valence-corrected chi connectivity index (χ1v) is 9.36. The molecule has 1 aromatic carbocycles. The van der Waals surface area contributed by atoms with Crippen LogP contribution >= 0.6 is 11.6 Å². The second-order valence-corrected chi connectivity index (χ2v) is 8.04. The molecule has 1 aliphatic rings. The molecule has 7 heteroatoms. The zero-order valence-corrected chi connectivity index (χ0v) is 14.2. The fourth-order valence-electron chi connectivity index (χ4n) is 2.73. The molecule has 1 fully saturated rings. The molecule has 1 amide bonds. The number of rotatable bonds is 5. The van der Waals surface area contributed by atoms with Crippen molar-refractivity contribution >= 4 is 27.3 Å². The van der Waals surface area contributed by atoms with Gasteiger partial charge in [0.15, 0.2) is 9.84 Å². The average Bonchev–Trinajstić information content (AvgIpc) is 2.48. The Kier molecular flexibility index (Phi) is 5.83. The SMILES string of the molecule is CNC[C@H]1CCCN(C(=O)CS(=O)(=O)c2ccc(Cl)cc2)C1. The van der Waals surface area contributed by atoms with Crippen molar-refractivity contribution in [3.63, 3.8) is 0 Å². The van der Waals surface area contributed by atoms with Gasteiger partial charge in [-0.3, -0.25) is 4.79 Å². The molecule has 122 valence electrons. The fourth-order valence-corrected chi connectivity index (χ4v) is 4.08. The first kappa shape index (κ1) is 17.2. The van der Waals surface area contributed by atoms with Crippen LogP contribution in [0.1, 0.15) is 12.8 Å². The van der Waals surface area contributed by atoms with Gasteiger partial charge < -0.3 is 10.2 Å². The van der Waals surface area contributed by atoms with Gasteiger partial charge in [-0.25, -0.2) is 8.42 Å². The lowest BCUT2D eigenvalue weighted by atomic mass is 9.98. The number of sulfone groups is 1. The predicted octanol–water partition coefficient (Wildman–Crippen LogP) is 1.57. The van der Waals surface area contributed by atoms with E-state index in [9.17, 15) is 13.2 Å². The van der Waals surface area contributed by atoms with E-state index in [1.54, 1.807) is 4.90 Å². The van der Waals surface area contributed by atoms with Gasteiger partial charge >= 0.3 is 0 Å². The highest BCUT2D eigenvalue weighted by Gasteiger charge is 2.27. The Morgan fingerprint density at radius 3 is 2.68 bits per heavy atom. The topological polar surface area (TPSA) is 66.5 Å². The van der Waals surface area contributed by atoms with Crippen molar-refractivity contribution in [1.29, 1.82) is 0 Å². The lowest BCUT2D eigenvalue weighted by Gasteiger charge is -2.32. The summed E-state index contributed by atoms with van der Waals surface area (Å²) >= 11 is 5.76. The zero-order valence-electron chi connectivity index (χ0n) is 12.6. The maximum Gasteiger partial charge on any atom is 0.238 e. The highest BCUT2D eigenvalue weighted by molar-refractivity contribution is 7.92. The molecular formula is C15H21ClN2O3S. The van der Waals surface area contributed by atoms with E-state index in [1.807, 2.05) is 7.05 Å². The number of benzene rings is 1. The number of hydrogen-bond acceptors (Lipinski definition) is 4. The second kappa shape index (κ2) is 7.44. The van der Waals surface area contributed by atoms with Gasteiger partial charge in [0, 0.05) is 18.1 Å². The minimum absolute atomic E-state index is 0.133. The summed E-state index contributed by atoms with van der Waals surface area (Å²) in [4.78, 5) is 14.1. The molecule has 0 radical (unpaired) electrons. The third kappa shape index (κ3) is 4.44. The van der Waals surface area contributed by atoms with E-state index in [1.165, 1.54) is 24.3 Å². The van der Waals surface area contributed by atoms with Gasteiger partial charge in [0.2, 0.25) is 5.91 Å². The summed E-state index contributed by atoms with van der Waals surface area (Å²) in [6, 6.07) is 5.90. The molecule has 0 bridgehead atoms. The van der Waals surface area contributed by atoms with Gasteiger partial charge in [-0.15, -0.1) is 0 Å². The monoisotopic (exact) mass is 344 g/mol. The molecule has 0 spiro atoms. The Morgan fingerprint density at radius 2 is 2.05 bits per heavy atom. The third-order valence-electron chi connectivity index (χ3n) is 3.85. The van der Waals surface area contributed by atoms with Gasteiger partial charge in [0.05, 0.1) is 4.90 Å². The number of amides is 1. The maximum absolute atomic E-state index is 12.3. The Bertz CT molecular complexity index is 614. The molecule has 0 aromatic heterocycles. The van der Waals surface area contributed by atoms with Crippen molar-refractivity contribution in [3.8, 4) is 0 Å².